The number of ketones is 1. The van der Waals surface area contributed by atoms with Crippen molar-refractivity contribution in [3.05, 3.63) is 107 Å². The molecule has 0 radical (unpaired) electrons. The van der Waals surface area contributed by atoms with E-state index in [0.29, 0.717) is 23.1 Å². The average molecular weight is 359 g/mol. The highest BCUT2D eigenvalue weighted by Gasteiger charge is 2.15. The number of rotatable bonds is 7. The first-order valence-corrected chi connectivity index (χ1v) is 8.83. The van der Waals surface area contributed by atoms with Crippen LogP contribution in [0, 0.1) is 0 Å². The topological polar surface area (TPSA) is 66.4 Å². The molecule has 0 saturated carbocycles. The van der Waals surface area contributed by atoms with Gasteiger partial charge < -0.3 is 10.4 Å². The molecule has 0 fully saturated rings. The predicted molar refractivity (Wildman–Crippen MR) is 105 cm³/mol. The van der Waals surface area contributed by atoms with Crippen LogP contribution in [0.15, 0.2) is 84.9 Å². The van der Waals surface area contributed by atoms with Crippen LogP contribution in [0.4, 0.5) is 0 Å². The van der Waals surface area contributed by atoms with Gasteiger partial charge in [0.2, 0.25) is 0 Å². The van der Waals surface area contributed by atoms with Gasteiger partial charge in [-0.3, -0.25) is 9.59 Å². The van der Waals surface area contributed by atoms with Gasteiger partial charge in [0.25, 0.3) is 5.91 Å². The minimum atomic E-state index is -0.370. The van der Waals surface area contributed by atoms with Gasteiger partial charge in [0, 0.05) is 16.7 Å². The van der Waals surface area contributed by atoms with Gasteiger partial charge in [-0.1, -0.05) is 72.8 Å². The van der Waals surface area contributed by atoms with Gasteiger partial charge in [-0.15, -0.1) is 0 Å². The lowest BCUT2D eigenvalue weighted by Crippen LogP contribution is -2.39. The minimum absolute atomic E-state index is 0.0835. The molecule has 0 bridgehead atoms. The maximum Gasteiger partial charge on any atom is 0.251 e. The monoisotopic (exact) mass is 359 g/mol. The summed E-state index contributed by atoms with van der Waals surface area (Å²) in [5.74, 6) is -0.358. The highest BCUT2D eigenvalue weighted by molar-refractivity contribution is 6.09. The van der Waals surface area contributed by atoms with Crippen molar-refractivity contribution in [2.24, 2.45) is 0 Å². The zero-order valence-electron chi connectivity index (χ0n) is 14.8. The van der Waals surface area contributed by atoms with Crippen LogP contribution in [0.1, 0.15) is 31.8 Å². The second kappa shape index (κ2) is 8.92. The van der Waals surface area contributed by atoms with Crippen LogP contribution in [0.5, 0.6) is 0 Å². The van der Waals surface area contributed by atoms with Crippen molar-refractivity contribution >= 4 is 11.7 Å². The van der Waals surface area contributed by atoms with E-state index in [1.807, 2.05) is 48.5 Å². The largest absolute Gasteiger partial charge is 0.394 e. The van der Waals surface area contributed by atoms with E-state index in [-0.39, 0.29) is 24.3 Å². The molecule has 1 amide bonds. The molecule has 27 heavy (non-hydrogen) atoms. The quantitative estimate of drug-likeness (QED) is 0.637. The maximum atomic E-state index is 12.4. The summed E-state index contributed by atoms with van der Waals surface area (Å²) in [4.78, 5) is 24.9. The minimum Gasteiger partial charge on any atom is -0.394 e. The molecule has 3 aromatic rings. The number of carbonyl (C=O) groups is 2. The molecule has 4 heteroatoms. The molecule has 2 N–H and O–H groups in total. The summed E-state index contributed by atoms with van der Waals surface area (Å²) < 4.78 is 0. The molecule has 0 saturated heterocycles. The molecule has 0 aliphatic heterocycles. The van der Waals surface area contributed by atoms with E-state index in [2.05, 4.69) is 5.32 Å². The molecule has 1 unspecified atom stereocenters. The fraction of sp³-hybridized carbons (Fsp3) is 0.130. The van der Waals surface area contributed by atoms with E-state index in [4.69, 9.17) is 0 Å². The third-order valence-electron chi connectivity index (χ3n) is 4.33. The Hall–Kier alpha value is -3.24. The van der Waals surface area contributed by atoms with Gasteiger partial charge >= 0.3 is 0 Å². The van der Waals surface area contributed by atoms with Gasteiger partial charge in [0.1, 0.15) is 0 Å². The molecular weight excluding hydrogens is 338 g/mol. The lowest BCUT2D eigenvalue weighted by molar-refractivity contribution is 0.0915. The Labute approximate surface area is 158 Å². The fourth-order valence-electron chi connectivity index (χ4n) is 2.86. The van der Waals surface area contributed by atoms with E-state index in [0.717, 1.165) is 5.56 Å². The molecule has 0 aromatic heterocycles. The second-order valence-corrected chi connectivity index (χ2v) is 6.32. The van der Waals surface area contributed by atoms with Gasteiger partial charge in [0.15, 0.2) is 5.78 Å². The van der Waals surface area contributed by atoms with Crippen molar-refractivity contribution in [2.75, 3.05) is 6.61 Å². The lowest BCUT2D eigenvalue weighted by Gasteiger charge is -2.16. The van der Waals surface area contributed by atoms with Crippen molar-refractivity contribution in [3.63, 3.8) is 0 Å². The normalized spacial score (nSPS) is 11.6. The second-order valence-electron chi connectivity index (χ2n) is 6.32. The van der Waals surface area contributed by atoms with E-state index in [1.165, 1.54) is 0 Å². The van der Waals surface area contributed by atoms with Crippen LogP contribution >= 0.6 is 0 Å². The average Bonchev–Trinajstić information content (AvgIpc) is 2.74. The summed E-state index contributed by atoms with van der Waals surface area (Å²) in [6.07, 6.45) is 0.549. The molecule has 0 aliphatic rings. The van der Waals surface area contributed by atoms with Gasteiger partial charge in [-0.2, -0.15) is 0 Å². The van der Waals surface area contributed by atoms with Crippen molar-refractivity contribution in [1.29, 1.82) is 0 Å². The molecule has 136 valence electrons. The van der Waals surface area contributed by atoms with E-state index >= 15 is 0 Å². The third kappa shape index (κ3) is 4.90. The molecule has 3 aromatic carbocycles. The Kier molecular flexibility index (Phi) is 6.13. The van der Waals surface area contributed by atoms with Crippen LogP contribution in [0.2, 0.25) is 0 Å². The summed E-state index contributed by atoms with van der Waals surface area (Å²) in [5, 5.41) is 12.4. The Morgan fingerprint density at radius 3 is 1.85 bits per heavy atom. The van der Waals surface area contributed by atoms with Crippen molar-refractivity contribution in [3.8, 4) is 0 Å². The Balaban J connectivity index is 1.65. The standard InChI is InChI=1S/C23H21NO3/c25-16-21(15-17-7-3-1-4-8-17)24-23(27)20-13-11-19(12-14-20)22(26)18-9-5-2-6-10-18/h1-14,21,25H,15-16H2,(H,24,27). The summed E-state index contributed by atoms with van der Waals surface area (Å²) >= 11 is 0. The lowest BCUT2D eigenvalue weighted by atomic mass is 10.0. The molecule has 3 rings (SSSR count). The first-order chi connectivity index (χ1) is 13.2. The smallest absolute Gasteiger partial charge is 0.251 e. The highest BCUT2D eigenvalue weighted by atomic mass is 16.3. The SMILES string of the molecule is O=C(NC(CO)Cc1ccccc1)c1ccc(C(=O)c2ccccc2)cc1. The van der Waals surface area contributed by atoms with Gasteiger partial charge in [-0.25, -0.2) is 0 Å². The van der Waals surface area contributed by atoms with Crippen LogP contribution in [-0.4, -0.2) is 29.4 Å². The Bertz CT molecular complexity index is 890. The van der Waals surface area contributed by atoms with Crippen LogP contribution in [0.3, 0.4) is 0 Å². The molecule has 4 nitrogen and oxygen atoms in total. The van der Waals surface area contributed by atoms with E-state index in [9.17, 15) is 14.7 Å². The number of aliphatic hydroxyl groups excluding tert-OH is 1. The molecule has 0 spiro atoms. The zero-order valence-corrected chi connectivity index (χ0v) is 14.8. The van der Waals surface area contributed by atoms with Crippen LogP contribution in [-0.2, 0) is 6.42 Å². The highest BCUT2D eigenvalue weighted by Crippen LogP contribution is 2.12. The van der Waals surface area contributed by atoms with Crippen molar-refractivity contribution < 1.29 is 14.7 Å². The first kappa shape index (κ1) is 18.5. The van der Waals surface area contributed by atoms with E-state index in [1.54, 1.807) is 36.4 Å². The first-order valence-electron chi connectivity index (χ1n) is 8.83. The summed E-state index contributed by atoms with van der Waals surface area (Å²) in [6.45, 7) is -0.148. The van der Waals surface area contributed by atoms with Gasteiger partial charge in [0.05, 0.1) is 12.6 Å². The number of benzene rings is 3. The fourth-order valence-corrected chi connectivity index (χ4v) is 2.86. The number of hydrogen-bond donors (Lipinski definition) is 2. The Morgan fingerprint density at radius 2 is 1.26 bits per heavy atom. The van der Waals surface area contributed by atoms with Crippen LogP contribution < -0.4 is 5.32 Å². The maximum absolute atomic E-state index is 12.4. The zero-order chi connectivity index (χ0) is 19.1. The Morgan fingerprint density at radius 1 is 0.741 bits per heavy atom. The van der Waals surface area contributed by atoms with Crippen molar-refractivity contribution in [2.45, 2.75) is 12.5 Å². The molecule has 1 atom stereocenters. The molecular formula is C23H21NO3. The summed E-state index contributed by atoms with van der Waals surface area (Å²) in [7, 11) is 0. The summed E-state index contributed by atoms with van der Waals surface area (Å²) in [6, 6.07) is 24.9. The molecule has 0 aliphatic carbocycles. The third-order valence-corrected chi connectivity index (χ3v) is 4.33. The number of carbonyl (C=O) groups excluding carboxylic acids is 2. The number of aliphatic hydroxyl groups is 1. The number of nitrogens with one attached hydrogen (secondary N) is 1. The molecule has 0 heterocycles. The van der Waals surface area contributed by atoms with Crippen LogP contribution in [0.25, 0.3) is 0 Å². The summed E-state index contributed by atoms with van der Waals surface area (Å²) in [5.41, 5.74) is 2.63. The number of amides is 1. The van der Waals surface area contributed by atoms with Gasteiger partial charge in [-0.05, 0) is 24.1 Å². The number of hydrogen-bond acceptors (Lipinski definition) is 3. The van der Waals surface area contributed by atoms with Crippen molar-refractivity contribution in [1.82, 2.24) is 5.32 Å². The van der Waals surface area contributed by atoms with E-state index < -0.39 is 0 Å². The predicted octanol–water partition coefficient (Wildman–Crippen LogP) is 3.25.